The summed E-state index contributed by atoms with van der Waals surface area (Å²) in [5, 5.41) is 6.10. The summed E-state index contributed by atoms with van der Waals surface area (Å²) >= 11 is 5.82. The van der Waals surface area contributed by atoms with Gasteiger partial charge in [0.15, 0.2) is 0 Å². The van der Waals surface area contributed by atoms with Crippen LogP contribution < -0.4 is 10.6 Å². The van der Waals surface area contributed by atoms with Gasteiger partial charge < -0.3 is 15.4 Å². The van der Waals surface area contributed by atoms with Gasteiger partial charge in [-0.25, -0.2) is 4.79 Å². The molecule has 1 aromatic rings. The molecule has 1 aromatic carbocycles. The largest absolute Gasteiger partial charge is 0.450 e. The Labute approximate surface area is 136 Å². The Hall–Kier alpha value is -1.75. The predicted molar refractivity (Wildman–Crippen MR) is 86.9 cm³/mol. The number of carbonyl (C=O) groups excluding carboxylic acids is 2. The van der Waals surface area contributed by atoms with Gasteiger partial charge in [0, 0.05) is 11.6 Å². The van der Waals surface area contributed by atoms with E-state index in [2.05, 4.69) is 10.6 Å². The van der Waals surface area contributed by atoms with E-state index in [4.69, 9.17) is 16.3 Å². The Balaban J connectivity index is 2.46. The Kier molecular flexibility index (Phi) is 7.74. The maximum Gasteiger partial charge on any atom is 0.407 e. The quantitative estimate of drug-likeness (QED) is 0.809. The van der Waals surface area contributed by atoms with Crippen LogP contribution >= 0.6 is 11.6 Å². The maximum atomic E-state index is 12.2. The van der Waals surface area contributed by atoms with Crippen LogP contribution in [0.15, 0.2) is 24.3 Å². The van der Waals surface area contributed by atoms with E-state index < -0.39 is 12.1 Å². The number of alkyl carbamates (subject to hydrolysis) is 1. The molecule has 22 heavy (non-hydrogen) atoms. The summed E-state index contributed by atoms with van der Waals surface area (Å²) in [6, 6.07) is 6.87. The van der Waals surface area contributed by atoms with Crippen molar-refractivity contribution < 1.29 is 14.3 Å². The molecule has 0 aliphatic carbocycles. The molecule has 2 N–H and O–H groups in total. The van der Waals surface area contributed by atoms with E-state index in [1.54, 1.807) is 6.92 Å². The Bertz CT molecular complexity index is 489. The molecule has 0 heterocycles. The van der Waals surface area contributed by atoms with Crippen molar-refractivity contribution in [3.63, 3.8) is 0 Å². The summed E-state index contributed by atoms with van der Waals surface area (Å²) in [5.74, 6) is -0.239. The number of rotatable bonds is 7. The summed E-state index contributed by atoms with van der Waals surface area (Å²) in [4.78, 5) is 23.6. The summed E-state index contributed by atoms with van der Waals surface area (Å²) in [6.45, 7) is 6.23. The molecule has 0 aliphatic rings. The molecule has 0 saturated heterocycles. The van der Waals surface area contributed by atoms with Gasteiger partial charge in [0.1, 0.15) is 6.04 Å². The molecule has 122 valence electrons. The lowest BCUT2D eigenvalue weighted by Gasteiger charge is -2.21. The fourth-order valence-corrected chi connectivity index (χ4v) is 2.05. The molecule has 1 rings (SSSR count). The van der Waals surface area contributed by atoms with E-state index >= 15 is 0 Å². The van der Waals surface area contributed by atoms with E-state index in [0.717, 1.165) is 5.56 Å². The Morgan fingerprint density at radius 3 is 2.41 bits per heavy atom. The molecule has 5 nitrogen and oxygen atoms in total. The molecular formula is C16H23ClN2O3. The van der Waals surface area contributed by atoms with Gasteiger partial charge in [-0.15, -0.1) is 0 Å². The van der Waals surface area contributed by atoms with Crippen molar-refractivity contribution in [2.75, 3.05) is 13.2 Å². The number of ether oxygens (including phenoxy) is 1. The monoisotopic (exact) mass is 326 g/mol. The molecule has 0 radical (unpaired) electrons. The molecule has 0 aliphatic heterocycles. The fraction of sp³-hybridized carbons (Fsp3) is 0.500. The number of hydrogen-bond acceptors (Lipinski definition) is 3. The Morgan fingerprint density at radius 1 is 1.23 bits per heavy atom. The lowest BCUT2D eigenvalue weighted by molar-refractivity contribution is -0.124. The maximum absolute atomic E-state index is 12.2. The highest BCUT2D eigenvalue weighted by molar-refractivity contribution is 6.30. The van der Waals surface area contributed by atoms with Gasteiger partial charge in [0.2, 0.25) is 5.91 Å². The first-order valence-electron chi connectivity index (χ1n) is 7.39. The zero-order valence-electron chi connectivity index (χ0n) is 13.2. The fourth-order valence-electron chi connectivity index (χ4n) is 1.93. The minimum Gasteiger partial charge on any atom is -0.450 e. The van der Waals surface area contributed by atoms with Gasteiger partial charge in [-0.3, -0.25) is 4.79 Å². The van der Waals surface area contributed by atoms with Crippen LogP contribution in [0.2, 0.25) is 5.02 Å². The SMILES string of the molecule is CCOC(=O)NC(C(=O)NCCc1ccc(Cl)cc1)C(C)C. The number of hydrogen-bond donors (Lipinski definition) is 2. The van der Waals surface area contributed by atoms with E-state index in [-0.39, 0.29) is 18.4 Å². The molecule has 1 unspecified atom stereocenters. The minimum atomic E-state index is -0.607. The second kappa shape index (κ2) is 9.30. The summed E-state index contributed by atoms with van der Waals surface area (Å²) in [7, 11) is 0. The third kappa shape index (κ3) is 6.35. The average molecular weight is 327 g/mol. The zero-order chi connectivity index (χ0) is 16.5. The lowest BCUT2D eigenvalue weighted by Crippen LogP contribution is -2.50. The topological polar surface area (TPSA) is 67.4 Å². The van der Waals surface area contributed by atoms with Crippen LogP contribution in [-0.2, 0) is 16.0 Å². The molecule has 0 spiro atoms. The minimum absolute atomic E-state index is 0.0278. The lowest BCUT2D eigenvalue weighted by atomic mass is 10.0. The second-order valence-corrected chi connectivity index (χ2v) is 5.69. The van der Waals surface area contributed by atoms with Gasteiger partial charge >= 0.3 is 6.09 Å². The standard InChI is InChI=1S/C16H23ClN2O3/c1-4-22-16(21)19-14(11(2)3)15(20)18-10-9-12-5-7-13(17)8-6-12/h5-8,11,14H,4,9-10H2,1-3H3,(H,18,20)(H,19,21). The Morgan fingerprint density at radius 2 is 1.86 bits per heavy atom. The van der Waals surface area contributed by atoms with E-state index in [1.807, 2.05) is 38.1 Å². The smallest absolute Gasteiger partial charge is 0.407 e. The molecule has 0 aromatic heterocycles. The third-order valence-electron chi connectivity index (χ3n) is 3.12. The van der Waals surface area contributed by atoms with Gasteiger partial charge in [0.25, 0.3) is 0 Å². The number of halogens is 1. The summed E-state index contributed by atoms with van der Waals surface area (Å²) in [6.07, 6.45) is 0.127. The number of nitrogens with one attached hydrogen (secondary N) is 2. The van der Waals surface area contributed by atoms with Crippen LogP contribution in [0.25, 0.3) is 0 Å². The van der Waals surface area contributed by atoms with Crippen molar-refractivity contribution in [3.05, 3.63) is 34.9 Å². The highest BCUT2D eigenvalue weighted by atomic mass is 35.5. The first kappa shape index (κ1) is 18.3. The second-order valence-electron chi connectivity index (χ2n) is 5.25. The van der Waals surface area contributed by atoms with E-state index in [1.165, 1.54) is 0 Å². The molecule has 1 atom stereocenters. The van der Waals surface area contributed by atoms with Crippen LogP contribution in [0.5, 0.6) is 0 Å². The zero-order valence-corrected chi connectivity index (χ0v) is 13.9. The average Bonchev–Trinajstić information content (AvgIpc) is 2.46. The van der Waals surface area contributed by atoms with Gasteiger partial charge in [-0.1, -0.05) is 37.6 Å². The van der Waals surface area contributed by atoms with Gasteiger partial charge in [-0.05, 0) is 37.0 Å². The highest BCUT2D eigenvalue weighted by Gasteiger charge is 2.24. The van der Waals surface area contributed by atoms with Crippen molar-refractivity contribution in [1.29, 1.82) is 0 Å². The van der Waals surface area contributed by atoms with Gasteiger partial charge in [0.05, 0.1) is 6.61 Å². The van der Waals surface area contributed by atoms with Crippen molar-refractivity contribution >= 4 is 23.6 Å². The molecule has 6 heteroatoms. The first-order valence-corrected chi connectivity index (χ1v) is 7.77. The van der Waals surface area contributed by atoms with Crippen LogP contribution in [0.1, 0.15) is 26.3 Å². The number of amides is 2. The summed E-state index contributed by atoms with van der Waals surface area (Å²) < 4.78 is 4.82. The van der Waals surface area contributed by atoms with Crippen LogP contribution in [0.3, 0.4) is 0 Å². The predicted octanol–water partition coefficient (Wildman–Crippen LogP) is 2.77. The van der Waals surface area contributed by atoms with Crippen molar-refractivity contribution in [3.8, 4) is 0 Å². The van der Waals surface area contributed by atoms with Gasteiger partial charge in [-0.2, -0.15) is 0 Å². The summed E-state index contributed by atoms with van der Waals surface area (Å²) in [5.41, 5.74) is 1.09. The van der Waals surface area contributed by atoms with Crippen LogP contribution in [0.4, 0.5) is 4.79 Å². The van der Waals surface area contributed by atoms with Crippen LogP contribution in [0, 0.1) is 5.92 Å². The molecule has 2 amide bonds. The molecule has 0 bridgehead atoms. The molecule has 0 fully saturated rings. The normalized spacial score (nSPS) is 11.9. The van der Waals surface area contributed by atoms with Crippen molar-refractivity contribution in [2.24, 2.45) is 5.92 Å². The van der Waals surface area contributed by atoms with E-state index in [0.29, 0.717) is 18.0 Å². The van der Waals surface area contributed by atoms with Crippen molar-refractivity contribution in [1.82, 2.24) is 10.6 Å². The first-order chi connectivity index (χ1) is 10.4. The third-order valence-corrected chi connectivity index (χ3v) is 3.38. The molecular weight excluding hydrogens is 304 g/mol. The van der Waals surface area contributed by atoms with Crippen LogP contribution in [-0.4, -0.2) is 31.2 Å². The van der Waals surface area contributed by atoms with E-state index in [9.17, 15) is 9.59 Å². The van der Waals surface area contributed by atoms with Crippen molar-refractivity contribution in [2.45, 2.75) is 33.2 Å². The highest BCUT2D eigenvalue weighted by Crippen LogP contribution is 2.09. The number of benzene rings is 1. The number of carbonyl (C=O) groups is 2. The molecule has 0 saturated carbocycles.